The number of carbonyl (C=O) groups excluding carboxylic acids is 1. The van der Waals surface area contributed by atoms with E-state index >= 15 is 0 Å². The molecule has 0 bridgehead atoms. The van der Waals surface area contributed by atoms with Gasteiger partial charge in [-0.2, -0.15) is 11.8 Å². The number of anilines is 1. The summed E-state index contributed by atoms with van der Waals surface area (Å²) in [7, 11) is 0. The lowest BCUT2D eigenvalue weighted by atomic mass is 10.1. The standard InChI is InChI=1S/C15H24N2OS/c1-4-8-16-14-11-12(2)6-7-13(14)15(18)17-9-5-10-19-3/h6-7,11,16H,4-5,8-10H2,1-3H3,(H,17,18). The molecule has 1 rings (SSSR count). The highest BCUT2D eigenvalue weighted by atomic mass is 32.2. The molecule has 0 aliphatic carbocycles. The van der Waals surface area contributed by atoms with Crippen LogP contribution in [0.5, 0.6) is 0 Å². The summed E-state index contributed by atoms with van der Waals surface area (Å²) in [4.78, 5) is 12.1. The number of aryl methyl sites for hydroxylation is 1. The normalized spacial score (nSPS) is 10.3. The summed E-state index contributed by atoms with van der Waals surface area (Å²) in [6.45, 7) is 5.78. The number of carbonyl (C=O) groups is 1. The molecule has 1 aromatic rings. The van der Waals surface area contributed by atoms with E-state index in [4.69, 9.17) is 0 Å². The van der Waals surface area contributed by atoms with Crippen LogP contribution in [0.25, 0.3) is 0 Å². The number of rotatable bonds is 8. The molecule has 0 unspecified atom stereocenters. The number of benzene rings is 1. The molecule has 19 heavy (non-hydrogen) atoms. The van der Waals surface area contributed by atoms with Gasteiger partial charge in [0.2, 0.25) is 0 Å². The zero-order chi connectivity index (χ0) is 14.1. The lowest BCUT2D eigenvalue weighted by molar-refractivity contribution is 0.0954. The molecule has 0 saturated carbocycles. The summed E-state index contributed by atoms with van der Waals surface area (Å²) < 4.78 is 0. The summed E-state index contributed by atoms with van der Waals surface area (Å²) in [6, 6.07) is 5.91. The number of hydrogen-bond donors (Lipinski definition) is 2. The number of hydrogen-bond acceptors (Lipinski definition) is 3. The van der Waals surface area contributed by atoms with E-state index < -0.39 is 0 Å². The van der Waals surface area contributed by atoms with Gasteiger partial charge in [0, 0.05) is 18.8 Å². The van der Waals surface area contributed by atoms with Gasteiger partial charge < -0.3 is 10.6 Å². The maximum absolute atomic E-state index is 12.1. The first-order chi connectivity index (χ1) is 9.19. The van der Waals surface area contributed by atoms with Crippen molar-refractivity contribution in [2.24, 2.45) is 0 Å². The highest BCUT2D eigenvalue weighted by Gasteiger charge is 2.10. The van der Waals surface area contributed by atoms with Crippen LogP contribution in [0.4, 0.5) is 5.69 Å². The van der Waals surface area contributed by atoms with Gasteiger partial charge in [-0.05, 0) is 49.5 Å². The first kappa shape index (κ1) is 15.9. The second-order valence-electron chi connectivity index (χ2n) is 4.58. The van der Waals surface area contributed by atoms with Crippen molar-refractivity contribution < 1.29 is 4.79 Å². The summed E-state index contributed by atoms with van der Waals surface area (Å²) in [5.41, 5.74) is 2.84. The van der Waals surface area contributed by atoms with Crippen molar-refractivity contribution in [2.75, 3.05) is 30.4 Å². The maximum Gasteiger partial charge on any atom is 0.253 e. The second kappa shape index (κ2) is 8.86. The van der Waals surface area contributed by atoms with Crippen LogP contribution in [-0.2, 0) is 0 Å². The smallest absolute Gasteiger partial charge is 0.253 e. The van der Waals surface area contributed by atoms with E-state index in [1.54, 1.807) is 11.8 Å². The zero-order valence-electron chi connectivity index (χ0n) is 12.1. The molecule has 1 amide bonds. The summed E-state index contributed by atoms with van der Waals surface area (Å²) in [6.07, 6.45) is 4.13. The fourth-order valence-corrected chi connectivity index (χ4v) is 2.21. The minimum Gasteiger partial charge on any atom is -0.384 e. The number of amides is 1. The fourth-order valence-electron chi connectivity index (χ4n) is 1.78. The summed E-state index contributed by atoms with van der Waals surface area (Å²) in [5.74, 6) is 1.09. The highest BCUT2D eigenvalue weighted by Crippen LogP contribution is 2.17. The Balaban J connectivity index is 2.66. The van der Waals surface area contributed by atoms with Gasteiger partial charge in [0.05, 0.1) is 5.56 Å². The van der Waals surface area contributed by atoms with E-state index in [0.717, 1.165) is 48.5 Å². The first-order valence-electron chi connectivity index (χ1n) is 6.80. The maximum atomic E-state index is 12.1. The first-order valence-corrected chi connectivity index (χ1v) is 8.20. The molecule has 0 heterocycles. The predicted molar refractivity (Wildman–Crippen MR) is 85.3 cm³/mol. The van der Waals surface area contributed by atoms with Crippen molar-refractivity contribution in [1.82, 2.24) is 5.32 Å². The van der Waals surface area contributed by atoms with Crippen LogP contribution in [0.3, 0.4) is 0 Å². The van der Waals surface area contributed by atoms with Gasteiger partial charge in [0.1, 0.15) is 0 Å². The fraction of sp³-hybridized carbons (Fsp3) is 0.533. The molecule has 1 aromatic carbocycles. The Morgan fingerprint density at radius 2 is 2.11 bits per heavy atom. The van der Waals surface area contributed by atoms with E-state index in [9.17, 15) is 4.79 Å². The molecular formula is C15H24N2OS. The molecule has 0 fully saturated rings. The van der Waals surface area contributed by atoms with Gasteiger partial charge in [-0.25, -0.2) is 0 Å². The molecule has 2 N–H and O–H groups in total. The monoisotopic (exact) mass is 280 g/mol. The van der Waals surface area contributed by atoms with Crippen molar-refractivity contribution in [3.8, 4) is 0 Å². The van der Waals surface area contributed by atoms with E-state index in [0.29, 0.717) is 0 Å². The third-order valence-corrected chi connectivity index (χ3v) is 3.49. The zero-order valence-corrected chi connectivity index (χ0v) is 12.9. The molecule has 0 aliphatic heterocycles. The van der Waals surface area contributed by atoms with Gasteiger partial charge in [-0.15, -0.1) is 0 Å². The summed E-state index contributed by atoms with van der Waals surface area (Å²) in [5, 5.41) is 6.30. The van der Waals surface area contributed by atoms with Crippen LogP contribution in [-0.4, -0.2) is 31.0 Å². The van der Waals surface area contributed by atoms with Crippen LogP contribution < -0.4 is 10.6 Å². The molecule has 106 valence electrons. The molecular weight excluding hydrogens is 256 g/mol. The Morgan fingerprint density at radius 3 is 2.79 bits per heavy atom. The topological polar surface area (TPSA) is 41.1 Å². The Kier molecular flexibility index (Phi) is 7.41. The van der Waals surface area contributed by atoms with E-state index in [-0.39, 0.29) is 5.91 Å². The second-order valence-corrected chi connectivity index (χ2v) is 5.56. The lowest BCUT2D eigenvalue weighted by Gasteiger charge is -2.12. The Hall–Kier alpha value is -1.16. The van der Waals surface area contributed by atoms with Crippen molar-refractivity contribution in [1.29, 1.82) is 0 Å². The summed E-state index contributed by atoms with van der Waals surface area (Å²) >= 11 is 1.80. The van der Waals surface area contributed by atoms with Gasteiger partial charge in [-0.3, -0.25) is 4.79 Å². The SMILES string of the molecule is CCCNc1cc(C)ccc1C(=O)NCCCSC. The molecule has 0 atom stereocenters. The minimum atomic E-state index is 0.0136. The number of nitrogens with one attached hydrogen (secondary N) is 2. The van der Waals surface area contributed by atoms with Crippen LogP contribution in [0, 0.1) is 6.92 Å². The molecule has 0 spiro atoms. The largest absolute Gasteiger partial charge is 0.384 e. The Bertz CT molecular complexity index is 407. The lowest BCUT2D eigenvalue weighted by Crippen LogP contribution is -2.26. The van der Waals surface area contributed by atoms with E-state index in [1.165, 1.54) is 0 Å². The third kappa shape index (κ3) is 5.55. The van der Waals surface area contributed by atoms with Crippen LogP contribution in [0.15, 0.2) is 18.2 Å². The average molecular weight is 280 g/mol. The molecule has 0 saturated heterocycles. The predicted octanol–water partition coefficient (Wildman–Crippen LogP) is 3.30. The minimum absolute atomic E-state index is 0.0136. The molecule has 0 radical (unpaired) electrons. The molecule has 3 nitrogen and oxygen atoms in total. The van der Waals surface area contributed by atoms with Crippen molar-refractivity contribution >= 4 is 23.4 Å². The number of thioether (sulfide) groups is 1. The molecule has 0 aromatic heterocycles. The van der Waals surface area contributed by atoms with Crippen molar-refractivity contribution in [2.45, 2.75) is 26.7 Å². The van der Waals surface area contributed by atoms with E-state index in [2.05, 4.69) is 23.8 Å². The van der Waals surface area contributed by atoms with Crippen LogP contribution >= 0.6 is 11.8 Å². The average Bonchev–Trinajstić information content (AvgIpc) is 2.41. The van der Waals surface area contributed by atoms with Gasteiger partial charge in [0.15, 0.2) is 0 Å². The Labute approximate surface area is 120 Å². The Morgan fingerprint density at radius 1 is 1.32 bits per heavy atom. The van der Waals surface area contributed by atoms with Gasteiger partial charge in [0.25, 0.3) is 5.91 Å². The quantitative estimate of drug-likeness (QED) is 0.718. The molecule has 4 heteroatoms. The van der Waals surface area contributed by atoms with Gasteiger partial charge >= 0.3 is 0 Å². The highest BCUT2D eigenvalue weighted by molar-refractivity contribution is 7.98. The van der Waals surface area contributed by atoms with Crippen LogP contribution in [0.2, 0.25) is 0 Å². The van der Waals surface area contributed by atoms with Crippen LogP contribution in [0.1, 0.15) is 35.7 Å². The van der Waals surface area contributed by atoms with Crippen molar-refractivity contribution in [3.05, 3.63) is 29.3 Å². The third-order valence-electron chi connectivity index (χ3n) is 2.80. The van der Waals surface area contributed by atoms with Crippen molar-refractivity contribution in [3.63, 3.8) is 0 Å². The van der Waals surface area contributed by atoms with Gasteiger partial charge in [-0.1, -0.05) is 13.0 Å². The van der Waals surface area contributed by atoms with E-state index in [1.807, 2.05) is 25.1 Å². The molecule has 0 aliphatic rings.